The number of hydrogen-bond acceptors (Lipinski definition) is 3. The second kappa shape index (κ2) is 8.88. The standard InChI is InChI=1S/C24H33FN4O/c1-17-7-6-10-23-26-16-22(29(17)23)20(19-8-4-5-9-21(19)25)15-24(30)28(3)18-11-13-27(2)14-12-18/h4-5,8-9,16-18,20H,6-7,10-15H2,1-3H3. The molecule has 0 bridgehead atoms. The second-order valence-electron chi connectivity index (χ2n) is 9.03. The summed E-state index contributed by atoms with van der Waals surface area (Å²) in [6.07, 6.45) is 7.27. The molecule has 0 radical (unpaired) electrons. The van der Waals surface area contributed by atoms with Gasteiger partial charge in [-0.3, -0.25) is 4.79 Å². The summed E-state index contributed by atoms with van der Waals surface area (Å²) in [5.41, 5.74) is 1.55. The molecule has 2 unspecified atom stereocenters. The molecule has 2 atom stereocenters. The maximum Gasteiger partial charge on any atom is 0.223 e. The van der Waals surface area contributed by atoms with Crippen molar-refractivity contribution in [2.45, 2.75) is 63.5 Å². The largest absolute Gasteiger partial charge is 0.343 e. The van der Waals surface area contributed by atoms with E-state index in [2.05, 4.69) is 28.4 Å². The molecule has 6 heteroatoms. The van der Waals surface area contributed by atoms with Crippen LogP contribution in [-0.2, 0) is 11.2 Å². The van der Waals surface area contributed by atoms with Crippen molar-refractivity contribution in [3.05, 3.63) is 53.4 Å². The van der Waals surface area contributed by atoms with Crippen molar-refractivity contribution >= 4 is 5.91 Å². The lowest BCUT2D eigenvalue weighted by atomic mass is 9.90. The van der Waals surface area contributed by atoms with Gasteiger partial charge in [-0.25, -0.2) is 9.37 Å². The Bertz CT molecular complexity index is 887. The van der Waals surface area contributed by atoms with Crippen LogP contribution in [0, 0.1) is 5.82 Å². The van der Waals surface area contributed by atoms with Crippen molar-refractivity contribution in [3.8, 4) is 0 Å². The number of piperidine rings is 1. The lowest BCUT2D eigenvalue weighted by molar-refractivity contribution is -0.133. The lowest BCUT2D eigenvalue weighted by Crippen LogP contribution is -2.44. The number of carbonyl (C=O) groups is 1. The Labute approximate surface area is 178 Å². The Kier molecular flexibility index (Phi) is 6.23. The van der Waals surface area contributed by atoms with E-state index in [1.54, 1.807) is 6.07 Å². The van der Waals surface area contributed by atoms with Gasteiger partial charge < -0.3 is 14.4 Å². The number of likely N-dealkylation sites (tertiary alicyclic amines) is 1. The van der Waals surface area contributed by atoms with Crippen LogP contribution in [0.3, 0.4) is 0 Å². The molecule has 3 heterocycles. The molecule has 5 nitrogen and oxygen atoms in total. The summed E-state index contributed by atoms with van der Waals surface area (Å²) in [6.45, 7) is 4.21. The Morgan fingerprint density at radius 2 is 2.00 bits per heavy atom. The van der Waals surface area contributed by atoms with E-state index in [0.29, 0.717) is 11.6 Å². The Morgan fingerprint density at radius 3 is 2.73 bits per heavy atom. The van der Waals surface area contributed by atoms with Gasteiger partial charge in [0.25, 0.3) is 0 Å². The summed E-state index contributed by atoms with van der Waals surface area (Å²) < 4.78 is 17.1. The van der Waals surface area contributed by atoms with Crippen molar-refractivity contribution in [1.82, 2.24) is 19.4 Å². The van der Waals surface area contributed by atoms with Gasteiger partial charge in [0.1, 0.15) is 11.6 Å². The monoisotopic (exact) mass is 412 g/mol. The normalized spacial score (nSPS) is 21.3. The van der Waals surface area contributed by atoms with Gasteiger partial charge in [-0.05, 0) is 64.4 Å². The zero-order chi connectivity index (χ0) is 21.3. The van der Waals surface area contributed by atoms with Crippen LogP contribution >= 0.6 is 0 Å². The Balaban J connectivity index is 1.63. The molecule has 0 N–H and O–H groups in total. The Morgan fingerprint density at radius 1 is 1.27 bits per heavy atom. The number of hydrogen-bond donors (Lipinski definition) is 0. The highest BCUT2D eigenvalue weighted by atomic mass is 19.1. The van der Waals surface area contributed by atoms with Crippen LogP contribution in [-0.4, -0.2) is 58.5 Å². The maximum atomic E-state index is 14.8. The first-order valence-electron chi connectivity index (χ1n) is 11.2. The number of nitrogens with zero attached hydrogens (tertiary/aromatic N) is 4. The third-order valence-electron chi connectivity index (χ3n) is 7.01. The van der Waals surface area contributed by atoms with Gasteiger partial charge in [-0.2, -0.15) is 0 Å². The van der Waals surface area contributed by atoms with E-state index < -0.39 is 0 Å². The van der Waals surface area contributed by atoms with E-state index >= 15 is 0 Å². The van der Waals surface area contributed by atoms with Crippen LogP contribution in [0.4, 0.5) is 4.39 Å². The average Bonchev–Trinajstić information content (AvgIpc) is 3.18. The van der Waals surface area contributed by atoms with E-state index in [-0.39, 0.29) is 30.1 Å². The summed E-state index contributed by atoms with van der Waals surface area (Å²) in [7, 11) is 4.03. The molecule has 1 aromatic heterocycles. The fraction of sp³-hybridized carbons (Fsp3) is 0.583. The number of imidazole rings is 1. The average molecular weight is 413 g/mol. The molecule has 2 aromatic rings. The second-order valence-corrected chi connectivity index (χ2v) is 9.03. The third-order valence-corrected chi connectivity index (χ3v) is 7.01. The van der Waals surface area contributed by atoms with Crippen molar-refractivity contribution in [2.75, 3.05) is 27.2 Å². The quantitative estimate of drug-likeness (QED) is 0.746. The minimum absolute atomic E-state index is 0.0804. The summed E-state index contributed by atoms with van der Waals surface area (Å²) >= 11 is 0. The molecule has 1 fully saturated rings. The molecule has 162 valence electrons. The number of fused-ring (bicyclic) bond motifs is 1. The van der Waals surface area contributed by atoms with Crippen LogP contribution in [0.25, 0.3) is 0 Å². The third kappa shape index (κ3) is 4.15. The molecule has 30 heavy (non-hydrogen) atoms. The van der Waals surface area contributed by atoms with E-state index in [9.17, 15) is 9.18 Å². The van der Waals surface area contributed by atoms with Gasteiger partial charge in [0.2, 0.25) is 5.91 Å². The number of amides is 1. The molecular formula is C24H33FN4O. The fourth-order valence-electron chi connectivity index (χ4n) is 5.09. The van der Waals surface area contributed by atoms with E-state index in [0.717, 1.165) is 56.7 Å². The maximum absolute atomic E-state index is 14.8. The van der Waals surface area contributed by atoms with Crippen LogP contribution in [0.1, 0.15) is 68.1 Å². The lowest BCUT2D eigenvalue weighted by Gasteiger charge is -2.36. The predicted molar refractivity (Wildman–Crippen MR) is 116 cm³/mol. The zero-order valence-corrected chi connectivity index (χ0v) is 18.4. The molecule has 0 spiro atoms. The highest BCUT2D eigenvalue weighted by molar-refractivity contribution is 5.77. The van der Waals surface area contributed by atoms with Gasteiger partial charge in [-0.15, -0.1) is 0 Å². The Hall–Kier alpha value is -2.21. The number of halogens is 1. The van der Waals surface area contributed by atoms with Crippen LogP contribution < -0.4 is 0 Å². The van der Waals surface area contributed by atoms with Crippen LogP contribution in [0.15, 0.2) is 30.5 Å². The molecule has 1 saturated heterocycles. The predicted octanol–water partition coefficient (Wildman–Crippen LogP) is 3.99. The topological polar surface area (TPSA) is 41.4 Å². The highest BCUT2D eigenvalue weighted by Crippen LogP contribution is 2.36. The number of aryl methyl sites for hydroxylation is 1. The summed E-state index contributed by atoms with van der Waals surface area (Å²) in [5, 5.41) is 0. The van der Waals surface area contributed by atoms with Gasteiger partial charge in [0, 0.05) is 49.8 Å². The first-order chi connectivity index (χ1) is 14.5. The minimum atomic E-state index is -0.325. The SMILES string of the molecule is CC1CCCc2ncc(C(CC(=O)N(C)C3CCN(C)CC3)c3ccccc3F)n21. The molecule has 1 aromatic carbocycles. The molecule has 0 saturated carbocycles. The van der Waals surface area contributed by atoms with E-state index in [1.807, 2.05) is 30.3 Å². The van der Waals surface area contributed by atoms with Crippen LogP contribution in [0.5, 0.6) is 0 Å². The van der Waals surface area contributed by atoms with Gasteiger partial charge in [0.05, 0.1) is 0 Å². The molecule has 1 amide bonds. The number of benzene rings is 1. The fourth-order valence-corrected chi connectivity index (χ4v) is 5.09. The molecule has 0 aliphatic carbocycles. The summed E-state index contributed by atoms with van der Waals surface area (Å²) in [5.74, 6) is 0.559. The highest BCUT2D eigenvalue weighted by Gasteiger charge is 2.31. The summed E-state index contributed by atoms with van der Waals surface area (Å²) in [6, 6.07) is 7.45. The number of aromatic nitrogens is 2. The summed E-state index contributed by atoms with van der Waals surface area (Å²) in [4.78, 5) is 22.2. The van der Waals surface area contributed by atoms with E-state index in [4.69, 9.17) is 0 Å². The van der Waals surface area contributed by atoms with Crippen molar-refractivity contribution in [1.29, 1.82) is 0 Å². The first kappa shape index (κ1) is 21.0. The molecular weight excluding hydrogens is 379 g/mol. The molecule has 2 aliphatic heterocycles. The van der Waals surface area contributed by atoms with Gasteiger partial charge >= 0.3 is 0 Å². The first-order valence-corrected chi connectivity index (χ1v) is 11.2. The van der Waals surface area contributed by atoms with Crippen molar-refractivity contribution in [3.63, 3.8) is 0 Å². The van der Waals surface area contributed by atoms with Crippen LogP contribution in [0.2, 0.25) is 0 Å². The van der Waals surface area contributed by atoms with Crippen molar-refractivity contribution in [2.24, 2.45) is 0 Å². The smallest absolute Gasteiger partial charge is 0.223 e. The molecule has 2 aliphatic rings. The number of rotatable bonds is 5. The number of carbonyl (C=O) groups excluding carboxylic acids is 1. The van der Waals surface area contributed by atoms with Gasteiger partial charge in [0.15, 0.2) is 0 Å². The zero-order valence-electron chi connectivity index (χ0n) is 18.4. The van der Waals surface area contributed by atoms with E-state index in [1.165, 1.54) is 6.07 Å². The molecule has 4 rings (SSSR count). The van der Waals surface area contributed by atoms with Gasteiger partial charge in [-0.1, -0.05) is 18.2 Å². The van der Waals surface area contributed by atoms with Crippen molar-refractivity contribution < 1.29 is 9.18 Å². The minimum Gasteiger partial charge on any atom is -0.343 e.